The van der Waals surface area contributed by atoms with Gasteiger partial charge in [0.2, 0.25) is 0 Å². The summed E-state index contributed by atoms with van der Waals surface area (Å²) in [6.07, 6.45) is 3.69. The van der Waals surface area contributed by atoms with Crippen LogP contribution in [0.5, 0.6) is 0 Å². The Morgan fingerprint density at radius 3 is 2.91 bits per heavy atom. The number of carboxylic acid groups (broad SMARTS) is 1. The maximum absolute atomic E-state index is 12.6. The number of likely N-dealkylation sites (tertiary alicyclic amines) is 1. The second kappa shape index (κ2) is 5.84. The number of furan rings is 1. The average molecular weight is 324 g/mol. The first kappa shape index (κ1) is 14.6. The number of carbonyl (C=O) groups is 2. The van der Waals surface area contributed by atoms with Gasteiger partial charge >= 0.3 is 5.97 Å². The van der Waals surface area contributed by atoms with E-state index in [9.17, 15) is 14.7 Å². The number of aromatic carboxylic acids is 1. The third-order valence-corrected chi connectivity index (χ3v) is 3.98. The number of amides is 1. The second-order valence-electron chi connectivity index (χ2n) is 5.12. The maximum atomic E-state index is 12.6. The molecular formula is C14H14ClN3O4. The van der Waals surface area contributed by atoms with Crippen molar-refractivity contribution >= 4 is 23.5 Å². The maximum Gasteiger partial charge on any atom is 0.339 e. The molecule has 22 heavy (non-hydrogen) atoms. The fourth-order valence-corrected chi connectivity index (χ4v) is 2.91. The van der Waals surface area contributed by atoms with Crippen LogP contribution in [0.15, 0.2) is 22.7 Å². The number of aromatic nitrogens is 2. The number of aromatic amines is 1. The molecule has 7 nitrogen and oxygen atoms in total. The topological polar surface area (TPSA) is 99.4 Å². The molecule has 3 heterocycles. The summed E-state index contributed by atoms with van der Waals surface area (Å²) < 4.78 is 5.17. The lowest BCUT2D eigenvalue weighted by Gasteiger charge is -2.34. The fraction of sp³-hybridized carbons (Fsp3) is 0.357. The third kappa shape index (κ3) is 2.59. The van der Waals surface area contributed by atoms with Crippen LogP contribution in [0.1, 0.15) is 51.9 Å². The van der Waals surface area contributed by atoms with Crippen molar-refractivity contribution in [2.24, 2.45) is 0 Å². The smallest absolute Gasteiger partial charge is 0.339 e. The van der Waals surface area contributed by atoms with E-state index in [-0.39, 0.29) is 28.5 Å². The minimum absolute atomic E-state index is 0.0853. The number of rotatable bonds is 3. The predicted octanol–water partition coefficient (Wildman–Crippen LogP) is 2.72. The summed E-state index contributed by atoms with van der Waals surface area (Å²) in [5.41, 5.74) is 0.528. The van der Waals surface area contributed by atoms with Crippen molar-refractivity contribution in [2.45, 2.75) is 25.3 Å². The van der Waals surface area contributed by atoms with Crippen molar-refractivity contribution in [1.82, 2.24) is 15.1 Å². The summed E-state index contributed by atoms with van der Waals surface area (Å²) in [7, 11) is 0. The van der Waals surface area contributed by atoms with E-state index >= 15 is 0 Å². The summed E-state index contributed by atoms with van der Waals surface area (Å²) in [4.78, 5) is 25.5. The molecular weight excluding hydrogens is 310 g/mol. The highest BCUT2D eigenvalue weighted by Gasteiger charge is 2.33. The van der Waals surface area contributed by atoms with Crippen LogP contribution >= 0.6 is 11.6 Å². The number of nitrogens with zero attached hydrogens (tertiary/aromatic N) is 2. The number of H-pyrrole nitrogens is 1. The molecule has 0 aromatic carbocycles. The molecule has 2 aromatic heterocycles. The minimum atomic E-state index is -1.07. The first-order chi connectivity index (χ1) is 10.6. The van der Waals surface area contributed by atoms with Crippen molar-refractivity contribution in [2.75, 3.05) is 6.54 Å². The van der Waals surface area contributed by atoms with E-state index in [2.05, 4.69) is 10.2 Å². The predicted molar refractivity (Wildman–Crippen MR) is 76.9 cm³/mol. The van der Waals surface area contributed by atoms with Gasteiger partial charge < -0.3 is 14.4 Å². The van der Waals surface area contributed by atoms with Gasteiger partial charge in [0.05, 0.1) is 17.9 Å². The molecule has 2 aromatic rings. The highest BCUT2D eigenvalue weighted by atomic mass is 35.5. The van der Waals surface area contributed by atoms with E-state index in [1.54, 1.807) is 4.90 Å². The second-order valence-corrected chi connectivity index (χ2v) is 5.49. The standard InChI is InChI=1S/C14H14ClN3O4/c15-11-5-4-10(22-11)13(19)18-6-2-1-3-9(18)12-8(14(20)21)7-16-17-12/h4-5,7,9H,1-3,6H2,(H,16,17)(H,20,21). The van der Waals surface area contributed by atoms with Crippen molar-refractivity contribution in [3.8, 4) is 0 Å². The number of hydrogen-bond donors (Lipinski definition) is 2. The van der Waals surface area contributed by atoms with Gasteiger partial charge in [0, 0.05) is 6.54 Å². The van der Waals surface area contributed by atoms with Gasteiger partial charge in [-0.1, -0.05) is 0 Å². The largest absolute Gasteiger partial charge is 0.478 e. The molecule has 3 rings (SSSR count). The summed E-state index contributed by atoms with van der Waals surface area (Å²) in [5, 5.41) is 15.9. The van der Waals surface area contributed by atoms with Gasteiger partial charge in [-0.05, 0) is 43.0 Å². The molecule has 1 amide bonds. The molecule has 1 aliphatic heterocycles. The zero-order valence-electron chi connectivity index (χ0n) is 11.6. The summed E-state index contributed by atoms with van der Waals surface area (Å²) >= 11 is 5.71. The number of halogens is 1. The number of piperidine rings is 1. The molecule has 1 unspecified atom stereocenters. The van der Waals surface area contributed by atoms with Crippen LogP contribution in [0.4, 0.5) is 0 Å². The molecule has 2 N–H and O–H groups in total. The molecule has 0 bridgehead atoms. The Labute approximate surface area is 130 Å². The normalized spacial score (nSPS) is 18.4. The molecule has 1 fully saturated rings. The molecule has 8 heteroatoms. The van der Waals surface area contributed by atoms with Gasteiger partial charge in [0.1, 0.15) is 5.56 Å². The summed E-state index contributed by atoms with van der Waals surface area (Å²) in [5.74, 6) is -1.22. The quantitative estimate of drug-likeness (QED) is 0.904. The zero-order chi connectivity index (χ0) is 15.7. The average Bonchev–Trinajstić information content (AvgIpc) is 3.15. The molecule has 1 atom stereocenters. The Kier molecular flexibility index (Phi) is 3.89. The van der Waals surface area contributed by atoms with Crippen molar-refractivity contribution in [3.05, 3.63) is 40.6 Å². The van der Waals surface area contributed by atoms with Gasteiger partial charge in [0.15, 0.2) is 11.0 Å². The van der Waals surface area contributed by atoms with Gasteiger partial charge in [-0.25, -0.2) is 4.79 Å². The van der Waals surface area contributed by atoms with Crippen molar-refractivity contribution in [3.63, 3.8) is 0 Å². The van der Waals surface area contributed by atoms with E-state index in [4.69, 9.17) is 16.0 Å². The Bertz CT molecular complexity index is 709. The Morgan fingerprint density at radius 1 is 1.41 bits per heavy atom. The van der Waals surface area contributed by atoms with E-state index < -0.39 is 5.97 Å². The summed E-state index contributed by atoms with van der Waals surface area (Å²) in [6.45, 7) is 0.528. The van der Waals surface area contributed by atoms with E-state index in [1.165, 1.54) is 18.3 Å². The number of nitrogens with one attached hydrogen (secondary N) is 1. The van der Waals surface area contributed by atoms with Crippen LogP contribution in [-0.4, -0.2) is 38.6 Å². The van der Waals surface area contributed by atoms with Crippen LogP contribution < -0.4 is 0 Å². The van der Waals surface area contributed by atoms with E-state index in [1.807, 2.05) is 0 Å². The van der Waals surface area contributed by atoms with Gasteiger partial charge in [-0.15, -0.1) is 0 Å². The molecule has 0 radical (unpaired) electrons. The Morgan fingerprint density at radius 2 is 2.23 bits per heavy atom. The lowest BCUT2D eigenvalue weighted by Crippen LogP contribution is -2.39. The zero-order valence-corrected chi connectivity index (χ0v) is 12.3. The number of carboxylic acids is 1. The monoisotopic (exact) mass is 323 g/mol. The Hall–Kier alpha value is -2.28. The number of carbonyl (C=O) groups excluding carboxylic acids is 1. The first-order valence-corrected chi connectivity index (χ1v) is 7.28. The molecule has 1 aliphatic rings. The molecule has 0 aliphatic carbocycles. The highest BCUT2D eigenvalue weighted by molar-refractivity contribution is 6.29. The molecule has 1 saturated heterocycles. The van der Waals surface area contributed by atoms with Crippen LogP contribution in [0.2, 0.25) is 5.22 Å². The van der Waals surface area contributed by atoms with E-state index in [0.29, 0.717) is 18.7 Å². The molecule has 0 spiro atoms. The first-order valence-electron chi connectivity index (χ1n) is 6.91. The lowest BCUT2D eigenvalue weighted by molar-refractivity contribution is 0.0561. The lowest BCUT2D eigenvalue weighted by atomic mass is 9.96. The van der Waals surface area contributed by atoms with E-state index in [0.717, 1.165) is 12.8 Å². The fourth-order valence-electron chi connectivity index (χ4n) is 2.77. The van der Waals surface area contributed by atoms with Crippen LogP contribution in [0.3, 0.4) is 0 Å². The van der Waals surface area contributed by atoms with Gasteiger partial charge in [0.25, 0.3) is 5.91 Å². The van der Waals surface area contributed by atoms with Crippen LogP contribution in [-0.2, 0) is 0 Å². The van der Waals surface area contributed by atoms with Gasteiger partial charge in [-0.2, -0.15) is 5.10 Å². The SMILES string of the molecule is O=C(O)c1cn[nH]c1C1CCCCN1C(=O)c1ccc(Cl)o1. The Balaban J connectivity index is 1.93. The van der Waals surface area contributed by atoms with Crippen LogP contribution in [0.25, 0.3) is 0 Å². The number of hydrogen-bond acceptors (Lipinski definition) is 4. The molecule has 116 valence electrons. The van der Waals surface area contributed by atoms with Crippen molar-refractivity contribution in [1.29, 1.82) is 0 Å². The summed E-state index contributed by atoms with van der Waals surface area (Å²) in [6, 6.07) is 2.66. The van der Waals surface area contributed by atoms with Crippen LogP contribution in [0, 0.1) is 0 Å². The third-order valence-electron chi connectivity index (χ3n) is 3.78. The molecule has 0 saturated carbocycles. The minimum Gasteiger partial charge on any atom is -0.478 e. The van der Waals surface area contributed by atoms with Crippen molar-refractivity contribution < 1.29 is 19.1 Å². The van der Waals surface area contributed by atoms with Gasteiger partial charge in [-0.3, -0.25) is 9.89 Å². The highest BCUT2D eigenvalue weighted by Crippen LogP contribution is 2.33.